The fourth-order valence-electron chi connectivity index (χ4n) is 3.21. The van der Waals surface area contributed by atoms with E-state index in [4.69, 9.17) is 14.7 Å². The maximum Gasteiger partial charge on any atom is 0.225 e. The number of nitriles is 1. The van der Waals surface area contributed by atoms with Crippen molar-refractivity contribution in [3.8, 4) is 6.07 Å². The lowest BCUT2D eigenvalue weighted by atomic mass is 10.0. The van der Waals surface area contributed by atoms with Crippen LogP contribution in [0.15, 0.2) is 0 Å². The van der Waals surface area contributed by atoms with Crippen LogP contribution in [-0.2, 0) is 14.3 Å². The van der Waals surface area contributed by atoms with Crippen molar-refractivity contribution in [1.82, 2.24) is 4.90 Å². The third-order valence-electron chi connectivity index (χ3n) is 4.12. The van der Waals surface area contributed by atoms with E-state index >= 15 is 0 Å². The van der Waals surface area contributed by atoms with Crippen molar-refractivity contribution < 1.29 is 14.3 Å². The summed E-state index contributed by atoms with van der Waals surface area (Å²) < 4.78 is 11.7. The number of hydrogen-bond acceptors (Lipinski definition) is 4. The second-order valence-electron chi connectivity index (χ2n) is 6.46. The van der Waals surface area contributed by atoms with Gasteiger partial charge in [-0.2, -0.15) is 5.26 Å². The summed E-state index contributed by atoms with van der Waals surface area (Å²) >= 11 is 0. The molecule has 0 saturated carbocycles. The van der Waals surface area contributed by atoms with Crippen LogP contribution in [0.25, 0.3) is 0 Å². The van der Waals surface area contributed by atoms with Gasteiger partial charge in [0.05, 0.1) is 24.7 Å². The number of likely N-dealkylation sites (tertiary alicyclic amines) is 1. The van der Waals surface area contributed by atoms with Crippen molar-refractivity contribution in [2.24, 2.45) is 0 Å². The molecule has 2 rings (SSSR count). The topological polar surface area (TPSA) is 62.6 Å². The normalized spacial score (nSPS) is 28.9. The lowest BCUT2D eigenvalue weighted by Gasteiger charge is -2.41. The van der Waals surface area contributed by atoms with E-state index in [1.807, 2.05) is 18.7 Å². The Balaban J connectivity index is 1.88. The smallest absolute Gasteiger partial charge is 0.225 e. The van der Waals surface area contributed by atoms with Gasteiger partial charge in [0.1, 0.15) is 0 Å². The van der Waals surface area contributed by atoms with Crippen LogP contribution in [0.4, 0.5) is 0 Å². The highest BCUT2D eigenvalue weighted by atomic mass is 16.7. The fraction of sp³-hybridized carbons (Fsp3) is 0.875. The fourth-order valence-corrected chi connectivity index (χ4v) is 3.21. The quantitative estimate of drug-likeness (QED) is 0.799. The monoisotopic (exact) mass is 294 g/mol. The zero-order valence-corrected chi connectivity index (χ0v) is 13.1. The molecule has 2 aliphatic heterocycles. The average Bonchev–Trinajstić information content (AvgIpc) is 2.44. The first kappa shape index (κ1) is 16.3. The minimum absolute atomic E-state index is 0.00700. The van der Waals surface area contributed by atoms with Gasteiger partial charge in [-0.3, -0.25) is 4.79 Å². The van der Waals surface area contributed by atoms with E-state index < -0.39 is 5.79 Å². The second kappa shape index (κ2) is 7.24. The molecule has 0 radical (unpaired) electrons. The zero-order chi connectivity index (χ0) is 15.3. The van der Waals surface area contributed by atoms with Crippen LogP contribution in [0.2, 0.25) is 0 Å². The molecule has 2 saturated heterocycles. The SMILES string of the molecule is CC1(C)O[C@H](CCC#N)C[C@H](CC(=O)N2CCCCC2)O1. The van der Waals surface area contributed by atoms with E-state index in [9.17, 15) is 4.79 Å². The molecule has 118 valence electrons. The summed E-state index contributed by atoms with van der Waals surface area (Å²) in [5, 5.41) is 8.71. The van der Waals surface area contributed by atoms with Gasteiger partial charge in [-0.1, -0.05) is 0 Å². The molecule has 2 fully saturated rings. The molecule has 5 heteroatoms. The largest absolute Gasteiger partial charge is 0.347 e. The van der Waals surface area contributed by atoms with Crippen molar-refractivity contribution in [1.29, 1.82) is 5.26 Å². The Bertz CT molecular complexity index is 397. The molecule has 21 heavy (non-hydrogen) atoms. The highest BCUT2D eigenvalue weighted by molar-refractivity contribution is 5.76. The van der Waals surface area contributed by atoms with Crippen LogP contribution in [0.3, 0.4) is 0 Å². The maximum atomic E-state index is 12.4. The van der Waals surface area contributed by atoms with Gasteiger partial charge in [0.15, 0.2) is 5.79 Å². The van der Waals surface area contributed by atoms with E-state index in [0.29, 0.717) is 25.7 Å². The molecular weight excluding hydrogens is 268 g/mol. The van der Waals surface area contributed by atoms with E-state index in [-0.39, 0.29) is 18.1 Å². The Hall–Kier alpha value is -1.12. The number of hydrogen-bond donors (Lipinski definition) is 0. The highest BCUT2D eigenvalue weighted by Crippen LogP contribution is 2.30. The number of amides is 1. The van der Waals surface area contributed by atoms with Crippen LogP contribution in [0, 0.1) is 11.3 Å². The van der Waals surface area contributed by atoms with Gasteiger partial charge >= 0.3 is 0 Å². The van der Waals surface area contributed by atoms with Crippen molar-refractivity contribution in [3.05, 3.63) is 0 Å². The van der Waals surface area contributed by atoms with Crippen LogP contribution >= 0.6 is 0 Å². The Kier molecular flexibility index (Phi) is 5.60. The Morgan fingerprint density at radius 3 is 2.57 bits per heavy atom. The van der Waals surface area contributed by atoms with Crippen LogP contribution in [0.5, 0.6) is 0 Å². The summed E-state index contributed by atoms with van der Waals surface area (Å²) in [6, 6.07) is 2.15. The van der Waals surface area contributed by atoms with Crippen LogP contribution < -0.4 is 0 Å². The average molecular weight is 294 g/mol. The first-order chi connectivity index (χ1) is 10.00. The van der Waals surface area contributed by atoms with Crippen LogP contribution in [-0.4, -0.2) is 41.9 Å². The second-order valence-corrected chi connectivity index (χ2v) is 6.46. The molecule has 1 amide bonds. The van der Waals surface area contributed by atoms with Crippen LogP contribution in [0.1, 0.15) is 58.8 Å². The third kappa shape index (κ3) is 4.98. The number of carbonyl (C=O) groups excluding carboxylic acids is 1. The molecule has 0 bridgehead atoms. The standard InChI is InChI=1S/C16H26N2O3/c1-16(2)20-13(7-6-8-17)11-14(21-16)12-15(19)18-9-4-3-5-10-18/h13-14H,3-7,9-12H2,1-2H3/t13-,14-/m1/s1. The number of ether oxygens (including phenoxy) is 2. The number of rotatable bonds is 4. The van der Waals surface area contributed by atoms with Crippen molar-refractivity contribution in [3.63, 3.8) is 0 Å². The number of nitrogens with zero attached hydrogens (tertiary/aromatic N) is 2. The molecule has 0 aromatic rings. The Morgan fingerprint density at radius 1 is 1.24 bits per heavy atom. The highest BCUT2D eigenvalue weighted by Gasteiger charge is 2.36. The summed E-state index contributed by atoms with van der Waals surface area (Å²) in [6.07, 6.45) is 5.65. The molecule has 0 unspecified atom stereocenters. The first-order valence-corrected chi connectivity index (χ1v) is 8.00. The molecule has 2 aliphatic rings. The molecular formula is C16H26N2O3. The minimum atomic E-state index is -0.675. The van der Waals surface area contributed by atoms with Gasteiger partial charge in [-0.25, -0.2) is 0 Å². The van der Waals surface area contributed by atoms with Gasteiger partial charge < -0.3 is 14.4 Å². The predicted molar refractivity (Wildman–Crippen MR) is 78.3 cm³/mol. The lowest BCUT2D eigenvalue weighted by molar-refractivity contribution is -0.300. The lowest BCUT2D eigenvalue weighted by Crippen LogP contribution is -2.47. The van der Waals surface area contributed by atoms with Gasteiger partial charge in [0.25, 0.3) is 0 Å². The molecule has 0 aliphatic carbocycles. The van der Waals surface area contributed by atoms with Gasteiger partial charge in [-0.15, -0.1) is 0 Å². The summed E-state index contributed by atoms with van der Waals surface area (Å²) in [6.45, 7) is 5.51. The number of piperidine rings is 1. The first-order valence-electron chi connectivity index (χ1n) is 8.00. The van der Waals surface area contributed by atoms with Gasteiger partial charge in [0, 0.05) is 25.9 Å². The minimum Gasteiger partial charge on any atom is -0.347 e. The summed E-state index contributed by atoms with van der Waals surface area (Å²) in [5.41, 5.74) is 0. The van der Waals surface area contributed by atoms with Crippen molar-refractivity contribution >= 4 is 5.91 Å². The van der Waals surface area contributed by atoms with E-state index in [1.165, 1.54) is 6.42 Å². The van der Waals surface area contributed by atoms with Crippen molar-refractivity contribution in [2.75, 3.05) is 13.1 Å². The van der Waals surface area contributed by atoms with Gasteiger partial charge in [0.2, 0.25) is 5.91 Å². The Labute approximate surface area is 127 Å². The third-order valence-corrected chi connectivity index (χ3v) is 4.12. The predicted octanol–water partition coefficient (Wildman–Crippen LogP) is 2.60. The molecule has 2 atom stereocenters. The molecule has 2 heterocycles. The number of carbonyl (C=O) groups is 1. The zero-order valence-electron chi connectivity index (χ0n) is 13.1. The Morgan fingerprint density at radius 2 is 1.90 bits per heavy atom. The molecule has 0 aromatic carbocycles. The molecule has 0 aromatic heterocycles. The van der Waals surface area contributed by atoms with E-state index in [2.05, 4.69) is 6.07 Å². The van der Waals surface area contributed by atoms with E-state index in [1.54, 1.807) is 0 Å². The molecule has 0 spiro atoms. The van der Waals surface area contributed by atoms with Gasteiger partial charge in [-0.05, 0) is 39.5 Å². The summed E-state index contributed by atoms with van der Waals surface area (Å²) in [4.78, 5) is 14.3. The molecule has 5 nitrogen and oxygen atoms in total. The maximum absolute atomic E-state index is 12.4. The van der Waals surface area contributed by atoms with E-state index in [0.717, 1.165) is 25.9 Å². The van der Waals surface area contributed by atoms with Crippen molar-refractivity contribution in [2.45, 2.75) is 76.8 Å². The summed E-state index contributed by atoms with van der Waals surface area (Å²) in [7, 11) is 0. The summed E-state index contributed by atoms with van der Waals surface area (Å²) in [5.74, 6) is -0.484. The molecule has 0 N–H and O–H groups in total.